The Morgan fingerprint density at radius 2 is 1.91 bits per heavy atom. The number of benzene rings is 2. The summed E-state index contributed by atoms with van der Waals surface area (Å²) in [6.45, 7) is 1.71. The fourth-order valence-corrected chi connectivity index (χ4v) is 5.73. The Kier molecular flexibility index (Phi) is 6.42. The molecule has 2 amide bonds. The maximum atomic E-state index is 13.3. The van der Waals surface area contributed by atoms with Crippen molar-refractivity contribution in [1.29, 1.82) is 0 Å². The van der Waals surface area contributed by atoms with Gasteiger partial charge in [0.1, 0.15) is 5.82 Å². The van der Waals surface area contributed by atoms with Crippen molar-refractivity contribution in [3.8, 4) is 5.69 Å². The fourth-order valence-electron chi connectivity index (χ4n) is 4.05. The van der Waals surface area contributed by atoms with Crippen LogP contribution in [0.25, 0.3) is 16.6 Å². The van der Waals surface area contributed by atoms with E-state index in [0.717, 1.165) is 12.8 Å². The number of amides is 2. The Balaban J connectivity index is 1.69. The van der Waals surface area contributed by atoms with E-state index in [1.165, 1.54) is 4.57 Å². The van der Waals surface area contributed by atoms with Crippen molar-refractivity contribution >= 4 is 44.2 Å². The van der Waals surface area contributed by atoms with Gasteiger partial charge in [0.05, 0.1) is 32.9 Å². The maximum absolute atomic E-state index is 13.3. The van der Waals surface area contributed by atoms with Crippen LogP contribution >= 0.6 is 11.6 Å². The van der Waals surface area contributed by atoms with E-state index < -0.39 is 32.9 Å². The Hall–Kier alpha value is -2.95. The summed E-state index contributed by atoms with van der Waals surface area (Å²) in [6, 6.07) is 9.98. The summed E-state index contributed by atoms with van der Waals surface area (Å²) in [6.07, 6.45) is 2.74. The first kappa shape index (κ1) is 23.2. The number of nitrogens with one attached hydrogen (secondary N) is 2. The molecule has 1 heterocycles. The monoisotopic (exact) mass is 489 g/mol. The zero-order valence-corrected chi connectivity index (χ0v) is 19.5. The van der Waals surface area contributed by atoms with Gasteiger partial charge in [-0.1, -0.05) is 36.6 Å². The van der Waals surface area contributed by atoms with Gasteiger partial charge in [-0.3, -0.25) is 9.36 Å². The molecular formula is C22H24ClN5O4S. The SMILES string of the molecule is C[C@H](N)c1nc2cccc(Cl)c2c(=O)n1-c1cccc(NC(=O)NS(=O)(=O)C2CCCC2)c1. The molecule has 1 fully saturated rings. The van der Waals surface area contributed by atoms with E-state index in [2.05, 4.69) is 15.0 Å². The number of nitrogens with zero attached hydrogens (tertiary/aromatic N) is 2. The second kappa shape index (κ2) is 9.12. The minimum atomic E-state index is -3.75. The first-order chi connectivity index (χ1) is 15.7. The Morgan fingerprint density at radius 3 is 2.61 bits per heavy atom. The van der Waals surface area contributed by atoms with E-state index in [1.807, 2.05) is 0 Å². The van der Waals surface area contributed by atoms with E-state index in [-0.39, 0.29) is 10.4 Å². The Labute approximate surface area is 196 Å². The van der Waals surface area contributed by atoms with Crippen LogP contribution in [0.1, 0.15) is 44.5 Å². The van der Waals surface area contributed by atoms with Crippen LogP contribution in [0.5, 0.6) is 0 Å². The topological polar surface area (TPSA) is 136 Å². The number of carbonyl (C=O) groups is 1. The largest absolute Gasteiger partial charge is 0.332 e. The van der Waals surface area contributed by atoms with Gasteiger partial charge >= 0.3 is 6.03 Å². The van der Waals surface area contributed by atoms with Crippen LogP contribution in [0.15, 0.2) is 47.3 Å². The number of urea groups is 1. The number of hydrogen-bond acceptors (Lipinski definition) is 6. The number of aromatic nitrogens is 2. The quantitative estimate of drug-likeness (QED) is 0.502. The number of anilines is 1. The third kappa shape index (κ3) is 4.73. The van der Waals surface area contributed by atoms with Crippen LogP contribution < -0.4 is 21.3 Å². The molecule has 0 unspecified atom stereocenters. The normalized spacial score (nSPS) is 15.5. The molecule has 1 atom stereocenters. The van der Waals surface area contributed by atoms with Crippen molar-refractivity contribution in [3.63, 3.8) is 0 Å². The van der Waals surface area contributed by atoms with Crippen molar-refractivity contribution in [2.24, 2.45) is 5.73 Å². The van der Waals surface area contributed by atoms with E-state index in [9.17, 15) is 18.0 Å². The summed E-state index contributed by atoms with van der Waals surface area (Å²) in [7, 11) is -3.75. The first-order valence-corrected chi connectivity index (χ1v) is 12.5. The Bertz CT molecular complexity index is 1380. The smallest absolute Gasteiger partial charge is 0.322 e. The number of rotatable bonds is 5. The second-order valence-electron chi connectivity index (χ2n) is 8.09. The molecule has 0 aliphatic heterocycles. The van der Waals surface area contributed by atoms with Gasteiger partial charge < -0.3 is 11.1 Å². The molecule has 0 saturated heterocycles. The van der Waals surface area contributed by atoms with E-state index in [0.29, 0.717) is 35.6 Å². The molecule has 1 aromatic heterocycles. The molecule has 1 aliphatic carbocycles. The minimum Gasteiger partial charge on any atom is -0.322 e. The molecule has 1 saturated carbocycles. The van der Waals surface area contributed by atoms with Crippen LogP contribution in [0.3, 0.4) is 0 Å². The highest BCUT2D eigenvalue weighted by atomic mass is 35.5. The summed E-state index contributed by atoms with van der Waals surface area (Å²) < 4.78 is 28.2. The minimum absolute atomic E-state index is 0.252. The molecule has 11 heteroatoms. The van der Waals surface area contributed by atoms with Crippen LogP contribution in [0.4, 0.5) is 10.5 Å². The lowest BCUT2D eigenvalue weighted by atomic mass is 10.2. The molecule has 1 aliphatic rings. The molecule has 3 aromatic rings. The third-order valence-corrected chi connectivity index (χ3v) is 7.75. The lowest BCUT2D eigenvalue weighted by Crippen LogP contribution is -2.39. The average Bonchev–Trinajstić information content (AvgIpc) is 3.29. The number of fused-ring (bicyclic) bond motifs is 1. The zero-order chi connectivity index (χ0) is 23.8. The summed E-state index contributed by atoms with van der Waals surface area (Å²) >= 11 is 6.26. The van der Waals surface area contributed by atoms with Crippen LogP contribution in [0.2, 0.25) is 5.02 Å². The molecule has 33 heavy (non-hydrogen) atoms. The molecule has 9 nitrogen and oxygen atoms in total. The standard InChI is InChI=1S/C22H24ClN5O4S/c1-13(24)20-26-18-11-5-10-17(23)19(18)21(29)28(20)15-7-4-6-14(12-15)25-22(30)27-33(31,32)16-8-2-3-9-16/h4-7,10-13,16H,2-3,8-9,24H2,1H3,(H2,25,27,30)/t13-/m0/s1. The van der Waals surface area contributed by atoms with Crippen molar-refractivity contribution in [1.82, 2.24) is 14.3 Å². The third-order valence-electron chi connectivity index (χ3n) is 5.62. The molecule has 0 spiro atoms. The first-order valence-electron chi connectivity index (χ1n) is 10.6. The summed E-state index contributed by atoms with van der Waals surface area (Å²) in [5.41, 5.74) is 6.83. The molecule has 0 bridgehead atoms. The highest BCUT2D eigenvalue weighted by Crippen LogP contribution is 2.25. The predicted molar refractivity (Wildman–Crippen MR) is 128 cm³/mol. The number of halogens is 1. The number of nitrogens with two attached hydrogens (primary N) is 1. The summed E-state index contributed by atoms with van der Waals surface area (Å²) in [5.74, 6) is 0.320. The number of hydrogen-bond donors (Lipinski definition) is 3. The van der Waals surface area contributed by atoms with Crippen molar-refractivity contribution in [2.75, 3.05) is 5.32 Å². The van der Waals surface area contributed by atoms with Crippen molar-refractivity contribution in [2.45, 2.75) is 43.9 Å². The van der Waals surface area contributed by atoms with E-state index >= 15 is 0 Å². The second-order valence-corrected chi connectivity index (χ2v) is 10.5. The van der Waals surface area contributed by atoms with Gasteiger partial charge in [-0.05, 0) is 50.1 Å². The molecule has 0 radical (unpaired) electrons. The summed E-state index contributed by atoms with van der Waals surface area (Å²) in [5, 5.41) is 2.48. The van der Waals surface area contributed by atoms with Gasteiger partial charge in [-0.25, -0.2) is 22.9 Å². The highest BCUT2D eigenvalue weighted by Gasteiger charge is 2.30. The predicted octanol–water partition coefficient (Wildman–Crippen LogP) is 3.45. The van der Waals surface area contributed by atoms with Gasteiger partial charge in [0, 0.05) is 5.69 Å². The van der Waals surface area contributed by atoms with Crippen LogP contribution in [-0.2, 0) is 10.0 Å². The lowest BCUT2D eigenvalue weighted by Gasteiger charge is -2.17. The maximum Gasteiger partial charge on any atom is 0.332 e. The van der Waals surface area contributed by atoms with Gasteiger partial charge in [0.2, 0.25) is 10.0 Å². The van der Waals surface area contributed by atoms with Gasteiger partial charge in [-0.15, -0.1) is 0 Å². The molecule has 4 rings (SSSR count). The van der Waals surface area contributed by atoms with E-state index in [4.69, 9.17) is 17.3 Å². The van der Waals surface area contributed by atoms with Crippen LogP contribution in [0, 0.1) is 0 Å². The van der Waals surface area contributed by atoms with Gasteiger partial charge in [0.15, 0.2) is 0 Å². The Morgan fingerprint density at radius 1 is 1.21 bits per heavy atom. The zero-order valence-electron chi connectivity index (χ0n) is 17.9. The average molecular weight is 490 g/mol. The molecular weight excluding hydrogens is 466 g/mol. The number of sulfonamides is 1. The van der Waals surface area contributed by atoms with Crippen LogP contribution in [-0.4, -0.2) is 29.2 Å². The molecule has 2 aromatic carbocycles. The number of carbonyl (C=O) groups excluding carboxylic acids is 1. The van der Waals surface area contributed by atoms with Gasteiger partial charge in [-0.2, -0.15) is 0 Å². The van der Waals surface area contributed by atoms with E-state index in [1.54, 1.807) is 49.4 Å². The van der Waals surface area contributed by atoms with Crippen molar-refractivity contribution in [3.05, 3.63) is 63.7 Å². The van der Waals surface area contributed by atoms with Gasteiger partial charge in [0.25, 0.3) is 5.56 Å². The highest BCUT2D eigenvalue weighted by molar-refractivity contribution is 7.90. The van der Waals surface area contributed by atoms with Crippen molar-refractivity contribution < 1.29 is 13.2 Å². The summed E-state index contributed by atoms with van der Waals surface area (Å²) in [4.78, 5) is 30.3. The molecule has 4 N–H and O–H groups in total. The fraction of sp³-hybridized carbons (Fsp3) is 0.318. The lowest BCUT2D eigenvalue weighted by molar-refractivity contribution is 0.256. The molecule has 174 valence electrons.